The summed E-state index contributed by atoms with van der Waals surface area (Å²) >= 11 is 6.22. The molecule has 2 aliphatic rings. The second-order valence-corrected chi connectivity index (χ2v) is 6.47. The first-order chi connectivity index (χ1) is 9.27. The minimum atomic E-state index is 0.510. The number of pyridine rings is 1. The quantitative estimate of drug-likeness (QED) is 0.902. The van der Waals surface area contributed by atoms with Crippen molar-refractivity contribution in [2.75, 3.05) is 26.2 Å². The van der Waals surface area contributed by atoms with E-state index in [1.807, 2.05) is 12.3 Å². The Balaban J connectivity index is 1.67. The van der Waals surface area contributed by atoms with Gasteiger partial charge in [0, 0.05) is 32.0 Å². The highest BCUT2D eigenvalue weighted by atomic mass is 35.5. The smallest absolute Gasteiger partial charge is 0.0634 e. The van der Waals surface area contributed by atoms with E-state index in [2.05, 4.69) is 15.2 Å². The van der Waals surface area contributed by atoms with Gasteiger partial charge in [-0.15, -0.1) is 0 Å². The number of likely N-dealkylation sites (tertiary alicyclic amines) is 1. The van der Waals surface area contributed by atoms with E-state index >= 15 is 0 Å². The molecule has 0 bridgehead atoms. The van der Waals surface area contributed by atoms with Gasteiger partial charge in [0.1, 0.15) is 0 Å². The lowest BCUT2D eigenvalue weighted by Crippen LogP contribution is -2.50. The molecule has 2 saturated heterocycles. The second-order valence-electron chi connectivity index (χ2n) is 6.06. The SMILES string of the molecule is Clc1cnccc1CN1CCCC2(CCCNC2)C1. The molecule has 1 spiro atoms. The fraction of sp³-hybridized carbons (Fsp3) is 0.667. The van der Waals surface area contributed by atoms with E-state index in [0.717, 1.165) is 11.6 Å². The zero-order valence-electron chi connectivity index (χ0n) is 11.4. The molecule has 3 nitrogen and oxygen atoms in total. The Hall–Kier alpha value is -0.640. The summed E-state index contributed by atoms with van der Waals surface area (Å²) in [5.41, 5.74) is 1.72. The Morgan fingerprint density at radius 1 is 1.37 bits per heavy atom. The Morgan fingerprint density at radius 3 is 3.05 bits per heavy atom. The van der Waals surface area contributed by atoms with Crippen molar-refractivity contribution in [2.45, 2.75) is 32.2 Å². The summed E-state index contributed by atoms with van der Waals surface area (Å²) in [7, 11) is 0. The van der Waals surface area contributed by atoms with E-state index in [1.54, 1.807) is 6.20 Å². The molecule has 0 aromatic carbocycles. The normalized spacial score (nSPS) is 28.7. The molecule has 1 atom stereocenters. The van der Waals surface area contributed by atoms with Gasteiger partial charge in [-0.1, -0.05) is 11.6 Å². The van der Waals surface area contributed by atoms with Gasteiger partial charge in [-0.3, -0.25) is 9.88 Å². The summed E-state index contributed by atoms with van der Waals surface area (Å²) < 4.78 is 0. The van der Waals surface area contributed by atoms with Crippen molar-refractivity contribution in [2.24, 2.45) is 5.41 Å². The van der Waals surface area contributed by atoms with Crippen LogP contribution in [-0.4, -0.2) is 36.1 Å². The van der Waals surface area contributed by atoms with Crippen LogP contribution in [0.5, 0.6) is 0 Å². The van der Waals surface area contributed by atoms with E-state index in [9.17, 15) is 0 Å². The van der Waals surface area contributed by atoms with Crippen molar-refractivity contribution in [1.82, 2.24) is 15.2 Å². The van der Waals surface area contributed by atoms with E-state index in [1.165, 1.54) is 57.4 Å². The topological polar surface area (TPSA) is 28.2 Å². The molecule has 3 heterocycles. The van der Waals surface area contributed by atoms with Gasteiger partial charge in [0.05, 0.1) is 5.02 Å². The molecule has 1 N–H and O–H groups in total. The number of aromatic nitrogens is 1. The monoisotopic (exact) mass is 279 g/mol. The number of nitrogens with one attached hydrogen (secondary N) is 1. The molecular weight excluding hydrogens is 258 g/mol. The Labute approximate surface area is 120 Å². The molecule has 1 unspecified atom stereocenters. The van der Waals surface area contributed by atoms with Crippen LogP contribution < -0.4 is 5.32 Å². The van der Waals surface area contributed by atoms with Crippen LogP contribution in [0.25, 0.3) is 0 Å². The van der Waals surface area contributed by atoms with Crippen LogP contribution in [0.4, 0.5) is 0 Å². The van der Waals surface area contributed by atoms with Crippen molar-refractivity contribution in [3.05, 3.63) is 29.0 Å². The first-order valence-electron chi connectivity index (χ1n) is 7.29. The highest BCUT2D eigenvalue weighted by Crippen LogP contribution is 2.36. The zero-order chi connectivity index (χ0) is 13.1. The van der Waals surface area contributed by atoms with Crippen LogP contribution in [0.1, 0.15) is 31.2 Å². The second kappa shape index (κ2) is 5.78. The van der Waals surface area contributed by atoms with Crippen LogP contribution >= 0.6 is 11.6 Å². The van der Waals surface area contributed by atoms with Crippen LogP contribution in [0.2, 0.25) is 5.02 Å². The van der Waals surface area contributed by atoms with Crippen molar-refractivity contribution in [3.63, 3.8) is 0 Å². The number of rotatable bonds is 2. The fourth-order valence-corrected chi connectivity index (χ4v) is 3.78. The largest absolute Gasteiger partial charge is 0.316 e. The lowest BCUT2D eigenvalue weighted by molar-refractivity contribution is 0.0601. The lowest BCUT2D eigenvalue weighted by atomic mass is 9.74. The third-order valence-corrected chi connectivity index (χ3v) is 4.89. The Bertz CT molecular complexity index is 424. The van der Waals surface area contributed by atoms with Crippen LogP contribution in [0.3, 0.4) is 0 Å². The van der Waals surface area contributed by atoms with E-state index in [0.29, 0.717) is 5.41 Å². The number of halogens is 1. The maximum absolute atomic E-state index is 6.22. The minimum absolute atomic E-state index is 0.510. The van der Waals surface area contributed by atoms with Crippen molar-refractivity contribution in [1.29, 1.82) is 0 Å². The van der Waals surface area contributed by atoms with Crippen molar-refractivity contribution >= 4 is 11.6 Å². The van der Waals surface area contributed by atoms with Gasteiger partial charge in [-0.25, -0.2) is 0 Å². The molecule has 4 heteroatoms. The molecule has 1 aromatic heterocycles. The molecule has 0 radical (unpaired) electrons. The first-order valence-corrected chi connectivity index (χ1v) is 7.67. The average molecular weight is 280 g/mol. The molecule has 2 aliphatic heterocycles. The summed E-state index contributed by atoms with van der Waals surface area (Å²) in [6, 6.07) is 2.04. The third-order valence-electron chi connectivity index (χ3n) is 4.55. The van der Waals surface area contributed by atoms with Crippen molar-refractivity contribution in [3.8, 4) is 0 Å². The maximum Gasteiger partial charge on any atom is 0.0634 e. The molecule has 0 saturated carbocycles. The predicted molar refractivity (Wildman–Crippen MR) is 78.3 cm³/mol. The number of piperidine rings is 2. The Kier molecular flexibility index (Phi) is 4.06. The van der Waals surface area contributed by atoms with Crippen LogP contribution in [-0.2, 0) is 6.54 Å². The van der Waals surface area contributed by atoms with Gasteiger partial charge in [-0.05, 0) is 55.8 Å². The highest BCUT2D eigenvalue weighted by Gasteiger charge is 2.36. The fourth-order valence-electron chi connectivity index (χ4n) is 3.60. The van der Waals surface area contributed by atoms with Gasteiger partial charge in [0.25, 0.3) is 0 Å². The first kappa shape index (κ1) is 13.3. The van der Waals surface area contributed by atoms with E-state index in [4.69, 9.17) is 11.6 Å². The van der Waals surface area contributed by atoms with Crippen molar-refractivity contribution < 1.29 is 0 Å². The molecule has 2 fully saturated rings. The lowest BCUT2D eigenvalue weighted by Gasteiger charge is -2.45. The van der Waals surface area contributed by atoms with Crippen LogP contribution in [0.15, 0.2) is 18.5 Å². The predicted octanol–water partition coefficient (Wildman–Crippen LogP) is 2.70. The van der Waals surface area contributed by atoms with Gasteiger partial charge < -0.3 is 5.32 Å². The number of hydrogen-bond acceptors (Lipinski definition) is 3. The molecule has 19 heavy (non-hydrogen) atoms. The molecule has 104 valence electrons. The van der Waals surface area contributed by atoms with Gasteiger partial charge in [0.2, 0.25) is 0 Å². The number of hydrogen-bond donors (Lipinski definition) is 1. The van der Waals surface area contributed by atoms with Gasteiger partial charge in [-0.2, -0.15) is 0 Å². The summed E-state index contributed by atoms with van der Waals surface area (Å²) in [5, 5.41) is 4.37. The standard InChI is InChI=1S/C15H22ClN3/c16-14-9-17-7-3-13(14)10-19-8-2-5-15(12-19)4-1-6-18-11-15/h3,7,9,18H,1-2,4-6,8,10-12H2. The molecule has 3 rings (SSSR count). The summed E-state index contributed by atoms with van der Waals surface area (Å²) in [6.07, 6.45) is 8.97. The maximum atomic E-state index is 6.22. The summed E-state index contributed by atoms with van der Waals surface area (Å²) in [4.78, 5) is 6.63. The zero-order valence-corrected chi connectivity index (χ0v) is 12.1. The molecule has 0 aliphatic carbocycles. The molecule has 0 amide bonds. The van der Waals surface area contributed by atoms with Gasteiger partial charge in [0.15, 0.2) is 0 Å². The summed E-state index contributed by atoms with van der Waals surface area (Å²) in [6.45, 7) is 5.74. The Morgan fingerprint density at radius 2 is 2.26 bits per heavy atom. The third kappa shape index (κ3) is 3.10. The molecule has 1 aromatic rings. The van der Waals surface area contributed by atoms with E-state index in [-0.39, 0.29) is 0 Å². The minimum Gasteiger partial charge on any atom is -0.316 e. The van der Waals surface area contributed by atoms with Gasteiger partial charge >= 0.3 is 0 Å². The highest BCUT2D eigenvalue weighted by molar-refractivity contribution is 6.31. The number of nitrogens with zero attached hydrogens (tertiary/aromatic N) is 2. The molecular formula is C15H22ClN3. The average Bonchev–Trinajstić information content (AvgIpc) is 2.42. The van der Waals surface area contributed by atoms with Crippen LogP contribution in [0, 0.1) is 5.41 Å². The summed E-state index contributed by atoms with van der Waals surface area (Å²) in [5.74, 6) is 0. The van der Waals surface area contributed by atoms with E-state index < -0.39 is 0 Å².